The number of hydrogen-bond donors (Lipinski definition) is 1. The highest BCUT2D eigenvalue weighted by Gasteiger charge is 2.35. The zero-order valence-corrected chi connectivity index (χ0v) is 9.44. The topological polar surface area (TPSA) is 64.8 Å². The Bertz CT molecular complexity index is 203. The molecule has 0 aromatic rings. The standard InChI is InChI=1S/C10H20N2O3/c1-14-6-5-12(8-3-4-8)10(13)9(7-11)15-2/h8-9H,3-7,11H2,1-2H3. The second-order valence-corrected chi connectivity index (χ2v) is 3.72. The Hall–Kier alpha value is -0.650. The molecule has 1 amide bonds. The zero-order valence-electron chi connectivity index (χ0n) is 9.44. The third-order valence-electron chi connectivity index (χ3n) is 2.58. The predicted octanol–water partition coefficient (Wildman–Crippen LogP) is -0.402. The minimum atomic E-state index is -0.512. The fourth-order valence-corrected chi connectivity index (χ4v) is 1.53. The van der Waals surface area contributed by atoms with E-state index in [4.69, 9.17) is 15.2 Å². The molecule has 1 fully saturated rings. The Labute approximate surface area is 90.5 Å². The molecule has 1 aliphatic rings. The number of carbonyl (C=O) groups is 1. The number of methoxy groups -OCH3 is 2. The van der Waals surface area contributed by atoms with Gasteiger partial charge in [0.05, 0.1) is 6.61 Å². The van der Waals surface area contributed by atoms with Crippen molar-refractivity contribution in [2.24, 2.45) is 5.73 Å². The minimum absolute atomic E-state index is 0.0143. The van der Waals surface area contributed by atoms with E-state index >= 15 is 0 Å². The number of nitrogens with zero attached hydrogens (tertiary/aromatic N) is 1. The van der Waals surface area contributed by atoms with Crippen molar-refractivity contribution in [1.82, 2.24) is 4.90 Å². The van der Waals surface area contributed by atoms with Gasteiger partial charge in [0.2, 0.25) is 0 Å². The van der Waals surface area contributed by atoms with Gasteiger partial charge in [-0.05, 0) is 12.8 Å². The first-order valence-electron chi connectivity index (χ1n) is 5.26. The molecule has 5 nitrogen and oxygen atoms in total. The van der Waals surface area contributed by atoms with Gasteiger partial charge in [0.25, 0.3) is 5.91 Å². The Morgan fingerprint density at radius 2 is 2.20 bits per heavy atom. The van der Waals surface area contributed by atoms with Gasteiger partial charge in [0.1, 0.15) is 6.10 Å². The van der Waals surface area contributed by atoms with Crippen molar-refractivity contribution in [1.29, 1.82) is 0 Å². The Morgan fingerprint density at radius 3 is 2.60 bits per heavy atom. The third-order valence-corrected chi connectivity index (χ3v) is 2.58. The fraction of sp³-hybridized carbons (Fsp3) is 0.900. The summed E-state index contributed by atoms with van der Waals surface area (Å²) >= 11 is 0. The van der Waals surface area contributed by atoms with Gasteiger partial charge in [-0.25, -0.2) is 0 Å². The number of carbonyl (C=O) groups excluding carboxylic acids is 1. The van der Waals surface area contributed by atoms with Crippen molar-refractivity contribution in [3.63, 3.8) is 0 Å². The van der Waals surface area contributed by atoms with Gasteiger partial charge in [-0.3, -0.25) is 4.79 Å². The minimum Gasteiger partial charge on any atom is -0.383 e. The summed E-state index contributed by atoms with van der Waals surface area (Å²) in [6, 6.07) is 0.372. The van der Waals surface area contributed by atoms with Gasteiger partial charge < -0.3 is 20.1 Å². The fourth-order valence-electron chi connectivity index (χ4n) is 1.53. The summed E-state index contributed by atoms with van der Waals surface area (Å²) in [6.07, 6.45) is 1.65. The Kier molecular flexibility index (Phi) is 5.01. The molecule has 0 aliphatic heterocycles. The molecule has 0 saturated heterocycles. The number of nitrogens with two attached hydrogens (primary N) is 1. The van der Waals surface area contributed by atoms with Crippen LogP contribution in [0.25, 0.3) is 0 Å². The van der Waals surface area contributed by atoms with Crippen molar-refractivity contribution in [3.05, 3.63) is 0 Å². The molecule has 0 aromatic carbocycles. The lowest BCUT2D eigenvalue weighted by Crippen LogP contribution is -2.46. The van der Waals surface area contributed by atoms with Crippen molar-refractivity contribution in [3.8, 4) is 0 Å². The van der Waals surface area contributed by atoms with E-state index < -0.39 is 6.10 Å². The highest BCUT2D eigenvalue weighted by molar-refractivity contribution is 5.81. The molecule has 1 aliphatic carbocycles. The van der Waals surface area contributed by atoms with Crippen molar-refractivity contribution in [2.45, 2.75) is 25.0 Å². The highest BCUT2D eigenvalue weighted by atomic mass is 16.5. The van der Waals surface area contributed by atoms with Gasteiger partial charge in [0.15, 0.2) is 0 Å². The molecule has 0 heterocycles. The van der Waals surface area contributed by atoms with Crippen LogP contribution in [0.15, 0.2) is 0 Å². The van der Waals surface area contributed by atoms with Crippen LogP contribution in [0.1, 0.15) is 12.8 Å². The lowest BCUT2D eigenvalue weighted by molar-refractivity contribution is -0.142. The van der Waals surface area contributed by atoms with E-state index in [1.54, 1.807) is 7.11 Å². The molecular formula is C10H20N2O3. The summed E-state index contributed by atoms with van der Waals surface area (Å²) in [4.78, 5) is 13.8. The second-order valence-electron chi connectivity index (χ2n) is 3.72. The molecule has 0 bridgehead atoms. The number of ether oxygens (including phenoxy) is 2. The normalized spacial score (nSPS) is 17.5. The molecular weight excluding hydrogens is 196 g/mol. The van der Waals surface area contributed by atoms with Crippen LogP contribution in [0.4, 0.5) is 0 Å². The summed E-state index contributed by atoms with van der Waals surface area (Å²) in [5.74, 6) is -0.0143. The molecule has 1 atom stereocenters. The van der Waals surface area contributed by atoms with Crippen LogP contribution in [0.3, 0.4) is 0 Å². The first-order chi connectivity index (χ1) is 7.24. The largest absolute Gasteiger partial charge is 0.383 e. The molecule has 0 radical (unpaired) electrons. The average molecular weight is 216 g/mol. The summed E-state index contributed by atoms with van der Waals surface area (Å²) in [7, 11) is 3.14. The van der Waals surface area contributed by atoms with Crippen molar-refractivity contribution >= 4 is 5.91 Å². The highest BCUT2D eigenvalue weighted by Crippen LogP contribution is 2.27. The SMILES string of the molecule is COCCN(C(=O)C(CN)OC)C1CC1. The van der Waals surface area contributed by atoms with E-state index in [9.17, 15) is 4.79 Å². The molecule has 2 N–H and O–H groups in total. The van der Waals surface area contributed by atoms with Gasteiger partial charge >= 0.3 is 0 Å². The predicted molar refractivity (Wildman–Crippen MR) is 56.5 cm³/mol. The molecule has 1 rings (SSSR count). The average Bonchev–Trinajstić information content (AvgIpc) is 3.04. The zero-order chi connectivity index (χ0) is 11.3. The van der Waals surface area contributed by atoms with Crippen LogP contribution < -0.4 is 5.73 Å². The summed E-state index contributed by atoms with van der Waals surface area (Å²) < 4.78 is 10.0. The van der Waals surface area contributed by atoms with Crippen molar-refractivity contribution < 1.29 is 14.3 Å². The smallest absolute Gasteiger partial charge is 0.253 e. The van der Waals surface area contributed by atoms with E-state index in [1.807, 2.05) is 4.90 Å². The van der Waals surface area contributed by atoms with Gasteiger partial charge in [-0.15, -0.1) is 0 Å². The molecule has 0 aromatic heterocycles. The van der Waals surface area contributed by atoms with Gasteiger partial charge in [-0.1, -0.05) is 0 Å². The molecule has 5 heteroatoms. The summed E-state index contributed by atoms with van der Waals surface area (Å²) in [5, 5.41) is 0. The molecule has 15 heavy (non-hydrogen) atoms. The quantitative estimate of drug-likeness (QED) is 0.629. The molecule has 1 unspecified atom stereocenters. The lowest BCUT2D eigenvalue weighted by atomic mass is 10.3. The van der Waals surface area contributed by atoms with E-state index in [-0.39, 0.29) is 12.5 Å². The molecule has 0 spiro atoms. The summed E-state index contributed by atoms with van der Waals surface area (Å²) in [6.45, 7) is 1.41. The van der Waals surface area contributed by atoms with Crippen LogP contribution in [-0.2, 0) is 14.3 Å². The summed E-state index contributed by atoms with van der Waals surface area (Å²) in [5.41, 5.74) is 5.47. The monoisotopic (exact) mass is 216 g/mol. The van der Waals surface area contributed by atoms with Gasteiger partial charge in [0, 0.05) is 33.4 Å². The van der Waals surface area contributed by atoms with Crippen LogP contribution in [0.5, 0.6) is 0 Å². The third kappa shape index (κ3) is 3.44. The van der Waals surface area contributed by atoms with Crippen LogP contribution in [-0.4, -0.2) is 56.9 Å². The molecule has 88 valence electrons. The number of amides is 1. The maximum atomic E-state index is 12.0. The van der Waals surface area contributed by atoms with Crippen LogP contribution >= 0.6 is 0 Å². The second kappa shape index (κ2) is 6.05. The van der Waals surface area contributed by atoms with E-state index in [0.29, 0.717) is 19.2 Å². The van der Waals surface area contributed by atoms with E-state index in [0.717, 1.165) is 12.8 Å². The maximum Gasteiger partial charge on any atom is 0.253 e. The van der Waals surface area contributed by atoms with Gasteiger partial charge in [-0.2, -0.15) is 0 Å². The number of hydrogen-bond acceptors (Lipinski definition) is 4. The Balaban J connectivity index is 2.49. The first kappa shape index (κ1) is 12.4. The first-order valence-corrected chi connectivity index (χ1v) is 5.26. The molecule has 1 saturated carbocycles. The van der Waals surface area contributed by atoms with E-state index in [2.05, 4.69) is 0 Å². The maximum absolute atomic E-state index is 12.0. The van der Waals surface area contributed by atoms with Crippen LogP contribution in [0.2, 0.25) is 0 Å². The lowest BCUT2D eigenvalue weighted by Gasteiger charge is -2.25. The van der Waals surface area contributed by atoms with Crippen molar-refractivity contribution in [2.75, 3.05) is 33.9 Å². The van der Waals surface area contributed by atoms with Crippen LogP contribution in [0, 0.1) is 0 Å². The number of rotatable bonds is 7. The Morgan fingerprint density at radius 1 is 1.53 bits per heavy atom. The van der Waals surface area contributed by atoms with E-state index in [1.165, 1.54) is 7.11 Å².